The van der Waals surface area contributed by atoms with Gasteiger partial charge in [-0.2, -0.15) is 0 Å². The molecule has 1 nitrogen and oxygen atoms in total. The highest BCUT2D eigenvalue weighted by molar-refractivity contribution is 5.20. The second-order valence-corrected chi connectivity index (χ2v) is 2.63. The molecule has 0 aromatic heterocycles. The molecule has 0 saturated carbocycles. The van der Waals surface area contributed by atoms with Gasteiger partial charge in [0.05, 0.1) is 0 Å². The van der Waals surface area contributed by atoms with Gasteiger partial charge in [-0.05, 0) is 24.6 Å². The van der Waals surface area contributed by atoms with Crippen LogP contribution in [0.25, 0.3) is 0 Å². The summed E-state index contributed by atoms with van der Waals surface area (Å²) in [6.45, 7) is 2.59. The van der Waals surface area contributed by atoms with E-state index < -0.39 is 0 Å². The maximum Gasteiger partial charge on any atom is 0.149 e. The first-order chi connectivity index (χ1) is 6.43. The van der Waals surface area contributed by atoms with Crippen molar-refractivity contribution >= 4 is 0 Å². The van der Waals surface area contributed by atoms with E-state index in [-0.39, 0.29) is 0 Å². The Hall–Kier alpha value is -1.42. The summed E-state index contributed by atoms with van der Waals surface area (Å²) < 4.78 is 5.36. The number of hydrogen-bond donors (Lipinski definition) is 0. The number of hydrogen-bond acceptors (Lipinski definition) is 1. The lowest BCUT2D eigenvalue weighted by Gasteiger charge is -1.99. The van der Waals surface area contributed by atoms with Crippen molar-refractivity contribution in [3.63, 3.8) is 0 Å². The largest absolute Gasteiger partial charge is 0.481 e. The molecule has 1 heteroatoms. The summed E-state index contributed by atoms with van der Waals surface area (Å²) in [6.07, 6.45) is 2.05. The van der Waals surface area contributed by atoms with E-state index in [2.05, 4.69) is 24.8 Å². The normalized spacial score (nSPS) is 8.69. The van der Waals surface area contributed by atoms with Crippen molar-refractivity contribution < 1.29 is 4.74 Å². The van der Waals surface area contributed by atoms with Gasteiger partial charge in [-0.1, -0.05) is 30.9 Å². The number of benzene rings is 1. The molecule has 0 spiro atoms. The highest BCUT2D eigenvalue weighted by Crippen LogP contribution is 2.06. The molecule has 0 unspecified atom stereocenters. The van der Waals surface area contributed by atoms with Crippen LogP contribution in [0.3, 0.4) is 0 Å². The molecule has 0 amide bonds. The minimum Gasteiger partial charge on any atom is -0.481 e. The third-order valence-corrected chi connectivity index (χ3v) is 1.50. The molecule has 13 heavy (non-hydrogen) atoms. The molecule has 0 aliphatic rings. The Morgan fingerprint density at radius 1 is 1.31 bits per heavy atom. The second kappa shape index (κ2) is 6.14. The van der Waals surface area contributed by atoms with Crippen LogP contribution < -0.4 is 4.74 Å². The molecule has 67 valence electrons. The summed E-state index contributed by atoms with van der Waals surface area (Å²) in [4.78, 5) is 0. The van der Waals surface area contributed by atoms with Crippen molar-refractivity contribution in [3.05, 3.63) is 30.3 Å². The van der Waals surface area contributed by atoms with Crippen molar-refractivity contribution in [3.8, 4) is 17.6 Å². The quantitative estimate of drug-likeness (QED) is 0.638. The van der Waals surface area contributed by atoms with E-state index in [1.165, 1.54) is 0 Å². The molecule has 0 aliphatic heterocycles. The summed E-state index contributed by atoms with van der Waals surface area (Å²) >= 11 is 0. The molecule has 0 saturated heterocycles. The van der Waals surface area contributed by atoms with E-state index in [4.69, 9.17) is 4.74 Å². The van der Waals surface area contributed by atoms with Crippen LogP contribution in [0.2, 0.25) is 0 Å². The van der Waals surface area contributed by atoms with Crippen LogP contribution in [0.15, 0.2) is 24.3 Å². The van der Waals surface area contributed by atoms with Crippen molar-refractivity contribution in [2.75, 3.05) is 6.61 Å². The Morgan fingerprint density at radius 2 is 2.08 bits per heavy atom. The fourth-order valence-electron chi connectivity index (χ4n) is 0.852. The first-order valence-electron chi connectivity index (χ1n) is 4.48. The molecule has 0 fully saturated rings. The first-order valence-corrected chi connectivity index (χ1v) is 4.48. The zero-order valence-corrected chi connectivity index (χ0v) is 7.84. The van der Waals surface area contributed by atoms with Gasteiger partial charge in [0.15, 0.2) is 0 Å². The lowest BCUT2D eigenvalue weighted by atomic mass is 10.3. The summed E-state index contributed by atoms with van der Waals surface area (Å²) in [5.74, 6) is 6.83. The average Bonchev–Trinajstić information content (AvgIpc) is 2.19. The van der Waals surface area contributed by atoms with Crippen LogP contribution in [-0.4, -0.2) is 6.61 Å². The van der Waals surface area contributed by atoms with E-state index in [1.54, 1.807) is 0 Å². The number of rotatable bonds is 3. The molecule has 1 radical (unpaired) electrons. The van der Waals surface area contributed by atoms with Crippen LogP contribution in [0.5, 0.6) is 5.75 Å². The van der Waals surface area contributed by atoms with Crippen LogP contribution in [-0.2, 0) is 0 Å². The van der Waals surface area contributed by atoms with Gasteiger partial charge in [-0.3, -0.25) is 0 Å². The molecule has 1 rings (SSSR count). The first kappa shape index (κ1) is 9.67. The second-order valence-electron chi connectivity index (χ2n) is 2.63. The maximum absolute atomic E-state index is 5.36. The summed E-state index contributed by atoms with van der Waals surface area (Å²) in [5.41, 5.74) is 0. The fraction of sp³-hybridized carbons (Fsp3) is 0.333. The molecule has 0 bridgehead atoms. The Labute approximate surface area is 79.7 Å². The molecule has 0 atom stereocenters. The zero-order chi connectivity index (χ0) is 9.36. The van der Waals surface area contributed by atoms with Gasteiger partial charge < -0.3 is 4.74 Å². The molecule has 0 heterocycles. The molecular weight excluding hydrogens is 160 g/mol. The summed E-state index contributed by atoms with van der Waals surface area (Å²) in [7, 11) is 0. The standard InChI is InChI=1S/C12H13O/c1-2-3-4-8-11-13-12-9-6-5-7-10-12/h6-7,9-10H,2-3,11H2,1H3. The smallest absolute Gasteiger partial charge is 0.149 e. The van der Waals surface area contributed by atoms with Gasteiger partial charge in [-0.15, -0.1) is 0 Å². The van der Waals surface area contributed by atoms with E-state index in [9.17, 15) is 0 Å². The van der Waals surface area contributed by atoms with Crippen molar-refractivity contribution in [2.24, 2.45) is 0 Å². The van der Waals surface area contributed by atoms with E-state index in [1.807, 2.05) is 24.3 Å². The summed E-state index contributed by atoms with van der Waals surface area (Å²) in [6, 6.07) is 10.3. The molecule has 0 N–H and O–H groups in total. The minimum atomic E-state index is 0.476. The van der Waals surface area contributed by atoms with Crippen LogP contribution in [0.4, 0.5) is 0 Å². The number of unbranched alkanes of at least 4 members (excludes halogenated alkanes) is 1. The SMILES string of the molecule is CCCC#CCOc1cc[c]cc1. The van der Waals surface area contributed by atoms with E-state index in [0.29, 0.717) is 6.61 Å². The van der Waals surface area contributed by atoms with Gasteiger partial charge >= 0.3 is 0 Å². The molecular formula is C12H13O. The third kappa shape index (κ3) is 4.22. The zero-order valence-electron chi connectivity index (χ0n) is 7.84. The Kier molecular flexibility index (Phi) is 4.56. The molecule has 1 aromatic rings. The fourth-order valence-corrected chi connectivity index (χ4v) is 0.852. The Balaban J connectivity index is 2.25. The Morgan fingerprint density at radius 3 is 2.77 bits per heavy atom. The number of ether oxygens (including phenoxy) is 1. The van der Waals surface area contributed by atoms with Crippen LogP contribution in [0, 0.1) is 17.9 Å². The van der Waals surface area contributed by atoms with Gasteiger partial charge in [0.2, 0.25) is 0 Å². The highest BCUT2D eigenvalue weighted by Gasteiger charge is 1.86. The molecule has 1 aromatic carbocycles. The topological polar surface area (TPSA) is 9.23 Å². The van der Waals surface area contributed by atoms with Gasteiger partial charge in [0.25, 0.3) is 0 Å². The van der Waals surface area contributed by atoms with Crippen molar-refractivity contribution in [1.82, 2.24) is 0 Å². The summed E-state index contributed by atoms with van der Waals surface area (Å²) in [5, 5.41) is 0. The van der Waals surface area contributed by atoms with Gasteiger partial charge in [0.1, 0.15) is 12.4 Å². The highest BCUT2D eigenvalue weighted by atomic mass is 16.5. The Bertz CT molecular complexity index is 279. The predicted octanol–water partition coefficient (Wildman–Crippen LogP) is 2.67. The van der Waals surface area contributed by atoms with Gasteiger partial charge in [-0.25, -0.2) is 0 Å². The van der Waals surface area contributed by atoms with Crippen molar-refractivity contribution in [2.45, 2.75) is 19.8 Å². The lowest BCUT2D eigenvalue weighted by molar-refractivity contribution is 0.370. The lowest BCUT2D eigenvalue weighted by Crippen LogP contribution is -1.92. The van der Waals surface area contributed by atoms with Gasteiger partial charge in [0, 0.05) is 6.42 Å². The predicted molar refractivity (Wildman–Crippen MR) is 53.5 cm³/mol. The maximum atomic E-state index is 5.36. The van der Waals surface area contributed by atoms with Crippen LogP contribution >= 0.6 is 0 Å². The van der Waals surface area contributed by atoms with Crippen molar-refractivity contribution in [1.29, 1.82) is 0 Å². The average molecular weight is 173 g/mol. The third-order valence-electron chi connectivity index (χ3n) is 1.50. The van der Waals surface area contributed by atoms with E-state index in [0.717, 1.165) is 18.6 Å². The van der Waals surface area contributed by atoms with Crippen LogP contribution in [0.1, 0.15) is 19.8 Å². The minimum absolute atomic E-state index is 0.476. The monoisotopic (exact) mass is 173 g/mol. The van der Waals surface area contributed by atoms with E-state index >= 15 is 0 Å². The molecule has 0 aliphatic carbocycles.